The lowest BCUT2D eigenvalue weighted by Gasteiger charge is -2.38. The number of nitrogens with one attached hydrogen (secondary N) is 1. The van der Waals surface area contributed by atoms with Gasteiger partial charge in [0.15, 0.2) is 0 Å². The third-order valence-electron chi connectivity index (χ3n) is 3.95. The van der Waals surface area contributed by atoms with Gasteiger partial charge in [-0.2, -0.15) is 23.5 Å². The lowest BCUT2D eigenvalue weighted by atomic mass is 9.93. The lowest BCUT2D eigenvalue weighted by Crippen LogP contribution is -2.51. The maximum absolute atomic E-state index is 5.83. The Morgan fingerprint density at radius 2 is 1.94 bits per heavy atom. The predicted octanol–water partition coefficient (Wildman–Crippen LogP) is 2.64. The highest BCUT2D eigenvalue weighted by Gasteiger charge is 2.36. The van der Waals surface area contributed by atoms with E-state index in [2.05, 4.69) is 35.9 Å². The Morgan fingerprint density at radius 3 is 2.56 bits per heavy atom. The molecule has 2 aliphatic rings. The molecule has 1 saturated heterocycles. The predicted molar refractivity (Wildman–Crippen MR) is 75.9 cm³/mol. The van der Waals surface area contributed by atoms with Crippen molar-refractivity contribution in [1.82, 2.24) is 5.43 Å². The molecule has 2 nitrogen and oxygen atoms in total. The summed E-state index contributed by atoms with van der Waals surface area (Å²) in [6.45, 7) is 2.32. The van der Waals surface area contributed by atoms with Gasteiger partial charge in [-0.25, -0.2) is 0 Å². The van der Waals surface area contributed by atoms with Crippen molar-refractivity contribution in [3.05, 3.63) is 0 Å². The average molecular weight is 260 g/mol. The molecule has 1 aliphatic carbocycles. The standard InChI is InChI=1S/C12H24N2S2/c1-2-10-12(16-8-7-15-10)11(14-13)9-5-3-4-6-9/h9-12,14H,2-8,13H2,1H3. The van der Waals surface area contributed by atoms with Crippen LogP contribution in [0.4, 0.5) is 0 Å². The van der Waals surface area contributed by atoms with Crippen LogP contribution >= 0.6 is 23.5 Å². The van der Waals surface area contributed by atoms with Crippen LogP contribution in [0.2, 0.25) is 0 Å². The summed E-state index contributed by atoms with van der Waals surface area (Å²) in [5.41, 5.74) is 3.14. The van der Waals surface area contributed by atoms with Crippen LogP contribution in [0, 0.1) is 5.92 Å². The van der Waals surface area contributed by atoms with E-state index in [9.17, 15) is 0 Å². The molecule has 1 heterocycles. The molecule has 3 unspecified atom stereocenters. The van der Waals surface area contributed by atoms with E-state index < -0.39 is 0 Å². The Labute approximate surface area is 108 Å². The van der Waals surface area contributed by atoms with Crippen LogP contribution in [-0.4, -0.2) is 28.0 Å². The quantitative estimate of drug-likeness (QED) is 0.602. The van der Waals surface area contributed by atoms with Crippen LogP contribution in [0.25, 0.3) is 0 Å². The van der Waals surface area contributed by atoms with Gasteiger partial charge in [-0.15, -0.1) is 0 Å². The molecule has 0 radical (unpaired) electrons. The molecule has 2 rings (SSSR count). The van der Waals surface area contributed by atoms with Gasteiger partial charge in [-0.3, -0.25) is 11.3 Å². The topological polar surface area (TPSA) is 38.0 Å². The number of hydrogen-bond donors (Lipinski definition) is 2. The van der Waals surface area contributed by atoms with Crippen molar-refractivity contribution < 1.29 is 0 Å². The molecular formula is C12H24N2S2. The molecule has 0 amide bonds. The van der Waals surface area contributed by atoms with Gasteiger partial charge in [-0.05, 0) is 25.2 Å². The summed E-state index contributed by atoms with van der Waals surface area (Å²) >= 11 is 4.31. The van der Waals surface area contributed by atoms with Crippen molar-refractivity contribution >= 4 is 23.5 Å². The molecule has 1 saturated carbocycles. The smallest absolute Gasteiger partial charge is 0.0368 e. The Morgan fingerprint density at radius 1 is 1.25 bits per heavy atom. The van der Waals surface area contributed by atoms with Gasteiger partial charge in [-0.1, -0.05) is 19.8 Å². The lowest BCUT2D eigenvalue weighted by molar-refractivity contribution is 0.348. The molecule has 16 heavy (non-hydrogen) atoms. The Kier molecular flexibility index (Phi) is 5.33. The molecule has 4 heteroatoms. The first-order valence-corrected chi connectivity index (χ1v) is 8.66. The summed E-state index contributed by atoms with van der Waals surface area (Å²) in [6.07, 6.45) is 6.86. The van der Waals surface area contributed by atoms with Gasteiger partial charge in [0.25, 0.3) is 0 Å². The van der Waals surface area contributed by atoms with Gasteiger partial charge in [0, 0.05) is 28.0 Å². The van der Waals surface area contributed by atoms with Gasteiger partial charge in [0.05, 0.1) is 0 Å². The fourth-order valence-electron chi connectivity index (χ4n) is 3.09. The molecule has 0 bridgehead atoms. The fourth-order valence-corrected chi connectivity index (χ4v) is 6.41. The molecule has 0 aromatic carbocycles. The summed E-state index contributed by atoms with van der Waals surface area (Å²) in [6, 6.07) is 0.547. The summed E-state index contributed by atoms with van der Waals surface area (Å²) in [5, 5.41) is 1.54. The van der Waals surface area contributed by atoms with Crippen molar-refractivity contribution in [1.29, 1.82) is 0 Å². The molecule has 0 spiro atoms. The van der Waals surface area contributed by atoms with E-state index in [0.717, 1.165) is 16.4 Å². The Balaban J connectivity index is 1.99. The number of nitrogens with two attached hydrogens (primary N) is 1. The van der Waals surface area contributed by atoms with Crippen molar-refractivity contribution in [3.63, 3.8) is 0 Å². The SMILES string of the molecule is CCC1SCCSC1C(NN)C1CCCC1. The average Bonchev–Trinajstić information content (AvgIpc) is 2.84. The van der Waals surface area contributed by atoms with Gasteiger partial charge in [0.2, 0.25) is 0 Å². The summed E-state index contributed by atoms with van der Waals surface area (Å²) in [7, 11) is 0. The normalized spacial score (nSPS) is 34.1. The Bertz CT molecular complexity index is 205. The molecular weight excluding hydrogens is 236 g/mol. The van der Waals surface area contributed by atoms with Crippen molar-refractivity contribution in [2.45, 2.75) is 55.6 Å². The Hall–Kier alpha value is 0.620. The molecule has 3 N–H and O–H groups in total. The van der Waals surface area contributed by atoms with E-state index in [-0.39, 0.29) is 0 Å². The van der Waals surface area contributed by atoms with E-state index >= 15 is 0 Å². The van der Waals surface area contributed by atoms with Crippen LogP contribution < -0.4 is 11.3 Å². The maximum atomic E-state index is 5.83. The number of hydrazine groups is 1. The van der Waals surface area contributed by atoms with Crippen LogP contribution in [0.1, 0.15) is 39.0 Å². The van der Waals surface area contributed by atoms with Gasteiger partial charge >= 0.3 is 0 Å². The minimum absolute atomic E-state index is 0.547. The maximum Gasteiger partial charge on any atom is 0.0368 e. The number of hydrogen-bond acceptors (Lipinski definition) is 4. The zero-order chi connectivity index (χ0) is 11.4. The highest BCUT2D eigenvalue weighted by molar-refractivity contribution is 8.07. The molecule has 1 aliphatic heterocycles. The summed E-state index contributed by atoms with van der Waals surface area (Å²) < 4.78 is 0. The first kappa shape index (κ1) is 13.1. The van der Waals surface area contributed by atoms with E-state index in [1.807, 2.05) is 0 Å². The van der Waals surface area contributed by atoms with Gasteiger partial charge in [0.1, 0.15) is 0 Å². The third kappa shape index (κ3) is 2.89. The van der Waals surface area contributed by atoms with Crippen LogP contribution in [0.5, 0.6) is 0 Å². The third-order valence-corrected chi connectivity index (χ3v) is 7.32. The second-order valence-electron chi connectivity index (χ2n) is 4.89. The van der Waals surface area contributed by atoms with E-state index in [1.165, 1.54) is 43.6 Å². The van der Waals surface area contributed by atoms with Crippen molar-refractivity contribution in [3.8, 4) is 0 Å². The van der Waals surface area contributed by atoms with Crippen molar-refractivity contribution in [2.75, 3.05) is 11.5 Å². The fraction of sp³-hybridized carbons (Fsp3) is 1.00. The van der Waals surface area contributed by atoms with E-state index in [4.69, 9.17) is 5.84 Å². The molecule has 2 fully saturated rings. The molecule has 94 valence electrons. The van der Waals surface area contributed by atoms with Crippen LogP contribution in [-0.2, 0) is 0 Å². The second-order valence-corrected chi connectivity index (χ2v) is 7.52. The minimum atomic E-state index is 0.547. The zero-order valence-electron chi connectivity index (χ0n) is 10.2. The summed E-state index contributed by atoms with van der Waals surface area (Å²) in [5.74, 6) is 9.28. The minimum Gasteiger partial charge on any atom is -0.271 e. The van der Waals surface area contributed by atoms with Crippen molar-refractivity contribution in [2.24, 2.45) is 11.8 Å². The van der Waals surface area contributed by atoms with Crippen LogP contribution in [0.15, 0.2) is 0 Å². The second kappa shape index (κ2) is 6.53. The monoisotopic (exact) mass is 260 g/mol. The highest BCUT2D eigenvalue weighted by atomic mass is 32.2. The zero-order valence-corrected chi connectivity index (χ0v) is 11.8. The first-order chi connectivity index (χ1) is 7.86. The van der Waals surface area contributed by atoms with E-state index in [1.54, 1.807) is 0 Å². The van der Waals surface area contributed by atoms with Crippen LogP contribution in [0.3, 0.4) is 0 Å². The van der Waals surface area contributed by atoms with E-state index in [0.29, 0.717) is 6.04 Å². The molecule has 0 aromatic heterocycles. The van der Waals surface area contributed by atoms with Gasteiger partial charge < -0.3 is 0 Å². The highest BCUT2D eigenvalue weighted by Crippen LogP contribution is 2.40. The number of thioether (sulfide) groups is 2. The first-order valence-electron chi connectivity index (χ1n) is 6.56. The largest absolute Gasteiger partial charge is 0.271 e. The molecule has 0 aromatic rings. The summed E-state index contributed by atoms with van der Waals surface area (Å²) in [4.78, 5) is 0. The molecule has 3 atom stereocenters. The number of rotatable bonds is 4.